The van der Waals surface area contributed by atoms with Crippen LogP contribution in [-0.4, -0.2) is 9.79 Å². The van der Waals surface area contributed by atoms with Gasteiger partial charge < -0.3 is 20.1 Å². The number of hydrogen-bond donors (Lipinski definition) is 3. The highest BCUT2D eigenvalue weighted by Crippen LogP contribution is 2.57. The fourth-order valence-electron chi connectivity index (χ4n) is 1.05. The van der Waals surface area contributed by atoms with E-state index < -0.39 is 21.5 Å². The van der Waals surface area contributed by atoms with E-state index in [0.29, 0.717) is 11.3 Å². The molecule has 0 radical (unpaired) electrons. The van der Waals surface area contributed by atoms with Crippen LogP contribution in [0.1, 0.15) is 11.0 Å². The fraction of sp³-hybridized carbons (Fsp3) is 0.143. The number of benzene rings is 1. The summed E-state index contributed by atoms with van der Waals surface area (Å²) in [7, 11) is -5.89. The van der Waals surface area contributed by atoms with Gasteiger partial charge in [-0.05, 0) is 17.7 Å². The molecule has 0 fully saturated rings. The van der Waals surface area contributed by atoms with Crippen molar-refractivity contribution < 1.29 is 18.9 Å². The number of nitrogen functional groups attached to an aromatic ring is 1. The van der Waals surface area contributed by atoms with E-state index in [0.717, 1.165) is 0 Å². The molecule has 4 N–H and O–H groups in total. The summed E-state index contributed by atoms with van der Waals surface area (Å²) < 4.78 is 21.7. The van der Waals surface area contributed by atoms with Crippen LogP contribution in [0.4, 0.5) is 5.69 Å². The Labute approximate surface area is 82.3 Å². The lowest BCUT2D eigenvalue weighted by Crippen LogP contribution is -1.93. The first kappa shape index (κ1) is 11.5. The Morgan fingerprint density at radius 3 is 2.14 bits per heavy atom. The second-order valence-corrected chi connectivity index (χ2v) is 6.07. The Morgan fingerprint density at radius 1 is 1.29 bits per heavy atom. The maximum absolute atomic E-state index is 10.9. The summed E-state index contributed by atoms with van der Waals surface area (Å²) in [6.45, 7) is 0. The smallest absolute Gasteiger partial charge is 0.339 e. The van der Waals surface area contributed by atoms with Crippen LogP contribution in [-0.2, 0) is 9.13 Å². The largest absolute Gasteiger partial charge is 0.399 e. The Morgan fingerprint density at radius 2 is 1.79 bits per heavy atom. The van der Waals surface area contributed by atoms with Crippen molar-refractivity contribution in [2.24, 2.45) is 0 Å². The van der Waals surface area contributed by atoms with Gasteiger partial charge in [-0.3, -0.25) is 4.57 Å². The molecule has 78 valence electrons. The van der Waals surface area contributed by atoms with E-state index in [-0.39, 0.29) is 0 Å². The van der Waals surface area contributed by atoms with E-state index in [1.54, 1.807) is 0 Å². The Hall–Kier alpha value is -0.600. The molecule has 7 heteroatoms. The van der Waals surface area contributed by atoms with E-state index in [4.69, 9.17) is 15.5 Å². The van der Waals surface area contributed by atoms with E-state index in [9.17, 15) is 9.13 Å². The van der Waals surface area contributed by atoms with Gasteiger partial charge in [0.05, 0.1) is 8.46 Å². The lowest BCUT2D eigenvalue weighted by Gasteiger charge is -2.12. The third-order valence-corrected chi connectivity index (χ3v) is 4.97. The SMILES string of the molecule is Nc1ccc(C([PH2]=O)P(=O)(O)O)cc1. The van der Waals surface area contributed by atoms with Gasteiger partial charge >= 0.3 is 7.60 Å². The molecule has 0 heterocycles. The molecule has 0 aromatic heterocycles. The van der Waals surface area contributed by atoms with E-state index in [2.05, 4.69) is 0 Å². The first-order valence-electron chi connectivity index (χ1n) is 3.81. The van der Waals surface area contributed by atoms with Crippen LogP contribution in [0.25, 0.3) is 0 Å². The van der Waals surface area contributed by atoms with Gasteiger partial charge in [-0.2, -0.15) is 0 Å². The number of nitrogens with two attached hydrogens (primary N) is 1. The highest BCUT2D eigenvalue weighted by molar-refractivity contribution is 7.61. The fourth-order valence-corrected chi connectivity index (χ4v) is 2.62. The van der Waals surface area contributed by atoms with E-state index in [1.165, 1.54) is 24.3 Å². The Balaban J connectivity index is 3.08. The highest BCUT2D eigenvalue weighted by Gasteiger charge is 2.28. The minimum absolute atomic E-state index is 0.359. The molecule has 1 aromatic carbocycles. The summed E-state index contributed by atoms with van der Waals surface area (Å²) in [4.78, 5) is 17.8. The van der Waals surface area contributed by atoms with Crippen LogP contribution in [0.3, 0.4) is 0 Å². The number of rotatable bonds is 3. The monoisotopic (exact) mass is 235 g/mol. The number of hydrogen-bond acceptors (Lipinski definition) is 3. The molecule has 0 bridgehead atoms. The van der Waals surface area contributed by atoms with Gasteiger partial charge in [0.15, 0.2) is 0 Å². The van der Waals surface area contributed by atoms with Crippen molar-refractivity contribution in [2.45, 2.75) is 5.40 Å². The summed E-state index contributed by atoms with van der Waals surface area (Å²) in [5, 5.41) is -1.19. The zero-order valence-electron chi connectivity index (χ0n) is 7.20. The van der Waals surface area contributed by atoms with Crippen molar-refractivity contribution in [3.05, 3.63) is 29.8 Å². The summed E-state index contributed by atoms with van der Waals surface area (Å²) in [5.41, 5.74) is 6.27. The summed E-state index contributed by atoms with van der Waals surface area (Å²) in [5.74, 6) is 0. The molecule has 0 saturated carbocycles. The molecule has 2 unspecified atom stereocenters. The minimum Gasteiger partial charge on any atom is -0.399 e. The van der Waals surface area contributed by atoms with Crippen LogP contribution >= 0.6 is 16.1 Å². The molecular formula is C7H11NO4P2. The van der Waals surface area contributed by atoms with Gasteiger partial charge in [-0.15, -0.1) is 0 Å². The van der Waals surface area contributed by atoms with Gasteiger partial charge in [-0.1, -0.05) is 12.1 Å². The van der Waals surface area contributed by atoms with Crippen molar-refractivity contribution in [1.29, 1.82) is 0 Å². The van der Waals surface area contributed by atoms with E-state index in [1.807, 2.05) is 0 Å². The van der Waals surface area contributed by atoms with Crippen LogP contribution in [0.2, 0.25) is 0 Å². The van der Waals surface area contributed by atoms with Gasteiger partial charge in [0.25, 0.3) is 0 Å². The average molecular weight is 235 g/mol. The number of anilines is 1. The third kappa shape index (κ3) is 2.69. The Kier molecular flexibility index (Phi) is 3.51. The van der Waals surface area contributed by atoms with Gasteiger partial charge in [-0.25, -0.2) is 0 Å². The van der Waals surface area contributed by atoms with Crippen molar-refractivity contribution in [3.63, 3.8) is 0 Å². The van der Waals surface area contributed by atoms with Crippen molar-refractivity contribution in [3.8, 4) is 0 Å². The molecule has 5 nitrogen and oxygen atoms in total. The molecule has 1 aromatic rings. The molecule has 0 spiro atoms. The van der Waals surface area contributed by atoms with Crippen LogP contribution in [0.5, 0.6) is 0 Å². The van der Waals surface area contributed by atoms with E-state index >= 15 is 0 Å². The summed E-state index contributed by atoms with van der Waals surface area (Å²) >= 11 is 0. The van der Waals surface area contributed by atoms with Crippen LogP contribution in [0.15, 0.2) is 24.3 Å². The first-order valence-corrected chi connectivity index (χ1v) is 6.63. The lowest BCUT2D eigenvalue weighted by atomic mass is 10.2. The van der Waals surface area contributed by atoms with Crippen LogP contribution in [0, 0.1) is 0 Å². The summed E-state index contributed by atoms with van der Waals surface area (Å²) in [6.07, 6.45) is 0. The molecule has 2 atom stereocenters. The first-order chi connectivity index (χ1) is 6.45. The van der Waals surface area contributed by atoms with Crippen molar-refractivity contribution in [1.82, 2.24) is 0 Å². The molecule has 0 aliphatic heterocycles. The molecular weight excluding hydrogens is 224 g/mol. The van der Waals surface area contributed by atoms with Crippen molar-refractivity contribution in [2.75, 3.05) is 5.73 Å². The lowest BCUT2D eigenvalue weighted by molar-refractivity contribution is 0.369. The quantitative estimate of drug-likeness (QED) is 0.539. The second kappa shape index (κ2) is 4.28. The predicted octanol–water partition coefficient (Wildman–Crippen LogP) is 1.20. The van der Waals surface area contributed by atoms with Crippen molar-refractivity contribution >= 4 is 21.7 Å². The zero-order valence-corrected chi connectivity index (χ0v) is 9.25. The van der Waals surface area contributed by atoms with Crippen LogP contribution < -0.4 is 5.73 Å². The average Bonchev–Trinajstić information content (AvgIpc) is 2.07. The molecule has 0 aliphatic rings. The second-order valence-electron chi connectivity index (χ2n) is 2.84. The highest BCUT2D eigenvalue weighted by atomic mass is 31.2. The van der Waals surface area contributed by atoms with Gasteiger partial charge in [0, 0.05) is 5.69 Å². The van der Waals surface area contributed by atoms with Gasteiger partial charge in [0.1, 0.15) is 5.40 Å². The standard InChI is InChI=1S/C7H11NO4P2/c8-6-3-1-5(2-4-6)7(13-9)14(10,11)12/h1-4,7H,8,13H2,(H2,10,11,12). The molecule has 0 saturated heterocycles. The molecule has 0 aliphatic carbocycles. The zero-order chi connectivity index (χ0) is 10.8. The maximum atomic E-state index is 10.9. The third-order valence-electron chi connectivity index (χ3n) is 1.77. The Bertz CT molecular complexity index is 372. The molecule has 1 rings (SSSR count). The maximum Gasteiger partial charge on any atom is 0.339 e. The topological polar surface area (TPSA) is 101 Å². The predicted molar refractivity (Wildman–Crippen MR) is 56.0 cm³/mol. The minimum atomic E-state index is -4.33. The normalized spacial score (nSPS) is 14.7. The molecule has 0 amide bonds. The van der Waals surface area contributed by atoms with Gasteiger partial charge in [0.2, 0.25) is 0 Å². The molecule has 14 heavy (non-hydrogen) atoms. The summed E-state index contributed by atoms with van der Waals surface area (Å²) in [6, 6.07) is 5.99.